The highest BCUT2D eigenvalue weighted by Gasteiger charge is 2.32. The van der Waals surface area contributed by atoms with Gasteiger partial charge in [0.05, 0.1) is 28.2 Å². The van der Waals surface area contributed by atoms with Gasteiger partial charge >= 0.3 is 6.09 Å². The number of nitrogens with one attached hydrogen (secondary N) is 1. The first-order valence-electron chi connectivity index (χ1n) is 11.9. The molecule has 190 valence electrons. The summed E-state index contributed by atoms with van der Waals surface area (Å²) in [6.45, 7) is 8.50. The molecule has 0 unspecified atom stereocenters. The van der Waals surface area contributed by atoms with E-state index in [1.54, 1.807) is 34.0 Å². The Labute approximate surface area is 221 Å². The van der Waals surface area contributed by atoms with Crippen LogP contribution >= 0.6 is 23.2 Å². The second-order valence-corrected chi connectivity index (χ2v) is 10.8. The first-order valence-corrected chi connectivity index (χ1v) is 12.7. The number of nitrogens with zero attached hydrogens (tertiary/aromatic N) is 3. The summed E-state index contributed by atoms with van der Waals surface area (Å²) in [6, 6.07) is 12.8. The van der Waals surface area contributed by atoms with Gasteiger partial charge in [0.1, 0.15) is 5.60 Å². The smallest absolute Gasteiger partial charge is 0.410 e. The summed E-state index contributed by atoms with van der Waals surface area (Å²) in [4.78, 5) is 27.8. The lowest BCUT2D eigenvalue weighted by Gasteiger charge is -2.34. The van der Waals surface area contributed by atoms with Crippen molar-refractivity contribution < 1.29 is 14.3 Å². The molecule has 1 aliphatic rings. The zero-order valence-corrected chi connectivity index (χ0v) is 22.4. The maximum Gasteiger partial charge on any atom is 0.410 e. The molecule has 1 saturated heterocycles. The molecular formula is C27H30Cl2N4O3. The maximum absolute atomic E-state index is 13.5. The highest BCUT2D eigenvalue weighted by atomic mass is 35.5. The molecule has 2 aromatic carbocycles. The number of benzene rings is 2. The summed E-state index contributed by atoms with van der Waals surface area (Å²) in [5.74, 6) is -0.285. The van der Waals surface area contributed by atoms with Crippen LogP contribution in [0.1, 0.15) is 61.1 Å². The first-order chi connectivity index (χ1) is 17.0. The number of anilines is 1. The average Bonchev–Trinajstić information content (AvgIpc) is 3.26. The molecule has 1 aliphatic heterocycles. The molecule has 2 amide bonds. The topological polar surface area (TPSA) is 76.5 Å². The number of para-hydroxylation sites is 1. The Morgan fingerprint density at radius 1 is 1.08 bits per heavy atom. The normalized spacial score (nSPS) is 14.6. The largest absolute Gasteiger partial charge is 0.444 e. The highest BCUT2D eigenvalue weighted by Crippen LogP contribution is 2.34. The van der Waals surface area contributed by atoms with E-state index in [1.807, 2.05) is 52.0 Å². The number of amides is 2. The van der Waals surface area contributed by atoms with Crippen LogP contribution < -0.4 is 5.32 Å². The molecule has 1 fully saturated rings. The highest BCUT2D eigenvalue weighted by molar-refractivity contribution is 6.32. The zero-order valence-electron chi connectivity index (χ0n) is 20.8. The van der Waals surface area contributed by atoms with E-state index in [0.717, 1.165) is 11.3 Å². The number of carbonyl (C=O) groups is 2. The number of likely N-dealkylation sites (tertiary alicyclic amines) is 1. The third-order valence-electron chi connectivity index (χ3n) is 6.11. The molecule has 3 aromatic rings. The van der Waals surface area contributed by atoms with Gasteiger partial charge in [-0.15, -0.1) is 0 Å². The summed E-state index contributed by atoms with van der Waals surface area (Å²) in [5.41, 5.74) is 2.92. The fourth-order valence-corrected chi connectivity index (χ4v) is 4.71. The van der Waals surface area contributed by atoms with E-state index in [0.29, 0.717) is 52.9 Å². The van der Waals surface area contributed by atoms with Crippen molar-refractivity contribution in [3.05, 3.63) is 75.5 Å². The van der Waals surface area contributed by atoms with Crippen LogP contribution in [-0.2, 0) is 4.74 Å². The average molecular weight is 529 g/mol. The molecule has 0 saturated carbocycles. The minimum Gasteiger partial charge on any atom is -0.444 e. The lowest BCUT2D eigenvalue weighted by atomic mass is 9.90. The maximum atomic E-state index is 13.5. The standard InChI is InChI=1S/C27H30Cl2N4O3/c1-17-9-10-19(28)15-22(17)31-25(34)20-16-30-33(23-8-6-5-7-21(23)29)24(20)18-11-13-32(14-12-18)26(35)36-27(2,3)4/h5-10,15-16,18H,11-14H2,1-4H3,(H,31,34). The minimum absolute atomic E-state index is 0.0105. The zero-order chi connectivity index (χ0) is 26.0. The van der Waals surface area contributed by atoms with Crippen molar-refractivity contribution in [3.8, 4) is 5.69 Å². The lowest BCUT2D eigenvalue weighted by Crippen LogP contribution is -2.41. The van der Waals surface area contributed by atoms with Crippen LogP contribution in [0.15, 0.2) is 48.7 Å². The molecule has 1 aromatic heterocycles. The molecule has 0 spiro atoms. The van der Waals surface area contributed by atoms with Crippen LogP contribution in [0.25, 0.3) is 5.69 Å². The monoisotopic (exact) mass is 528 g/mol. The van der Waals surface area contributed by atoms with Crippen molar-refractivity contribution in [3.63, 3.8) is 0 Å². The van der Waals surface area contributed by atoms with Crippen molar-refractivity contribution in [2.75, 3.05) is 18.4 Å². The summed E-state index contributed by atoms with van der Waals surface area (Å²) >= 11 is 12.7. The van der Waals surface area contributed by atoms with Crippen LogP contribution in [-0.4, -0.2) is 45.4 Å². The fourth-order valence-electron chi connectivity index (χ4n) is 4.32. The summed E-state index contributed by atoms with van der Waals surface area (Å²) < 4.78 is 7.28. The van der Waals surface area contributed by atoms with Crippen LogP contribution in [0, 0.1) is 6.92 Å². The number of carbonyl (C=O) groups excluding carboxylic acids is 2. The van der Waals surface area contributed by atoms with E-state index in [9.17, 15) is 9.59 Å². The van der Waals surface area contributed by atoms with Gasteiger partial charge in [-0.3, -0.25) is 4.79 Å². The SMILES string of the molecule is Cc1ccc(Cl)cc1NC(=O)c1cnn(-c2ccccc2Cl)c1C1CCN(C(=O)OC(C)(C)C)CC1. The summed E-state index contributed by atoms with van der Waals surface area (Å²) in [7, 11) is 0. The van der Waals surface area contributed by atoms with Gasteiger partial charge in [0, 0.05) is 29.7 Å². The Balaban J connectivity index is 1.65. The molecule has 9 heteroatoms. The van der Waals surface area contributed by atoms with Crippen LogP contribution in [0.2, 0.25) is 10.0 Å². The molecule has 7 nitrogen and oxygen atoms in total. The molecule has 0 radical (unpaired) electrons. The van der Waals surface area contributed by atoms with Gasteiger partial charge in [-0.1, -0.05) is 41.4 Å². The minimum atomic E-state index is -0.555. The Bertz CT molecular complexity index is 1270. The number of hydrogen-bond donors (Lipinski definition) is 1. The molecule has 2 heterocycles. The predicted octanol–water partition coefficient (Wildman–Crippen LogP) is 6.85. The van der Waals surface area contributed by atoms with E-state index in [-0.39, 0.29) is 17.9 Å². The molecule has 36 heavy (non-hydrogen) atoms. The predicted molar refractivity (Wildman–Crippen MR) is 142 cm³/mol. The Morgan fingerprint density at radius 2 is 1.78 bits per heavy atom. The van der Waals surface area contributed by atoms with Crippen molar-refractivity contribution in [1.29, 1.82) is 0 Å². The third kappa shape index (κ3) is 5.85. The van der Waals surface area contributed by atoms with Crippen molar-refractivity contribution in [2.24, 2.45) is 0 Å². The Hall–Kier alpha value is -3.03. The van der Waals surface area contributed by atoms with Gasteiger partial charge in [0.2, 0.25) is 0 Å². The molecule has 0 aliphatic carbocycles. The molecular weight excluding hydrogens is 499 g/mol. The van der Waals surface area contributed by atoms with E-state index in [4.69, 9.17) is 27.9 Å². The Kier molecular flexibility index (Phi) is 7.62. The molecule has 4 rings (SSSR count). The second kappa shape index (κ2) is 10.5. The number of hydrogen-bond acceptors (Lipinski definition) is 4. The van der Waals surface area contributed by atoms with E-state index >= 15 is 0 Å². The van der Waals surface area contributed by atoms with Crippen LogP contribution in [0.3, 0.4) is 0 Å². The number of aromatic nitrogens is 2. The number of rotatable bonds is 4. The molecule has 0 atom stereocenters. The van der Waals surface area contributed by atoms with E-state index in [1.165, 1.54) is 0 Å². The van der Waals surface area contributed by atoms with Gasteiger partial charge in [0.15, 0.2) is 0 Å². The van der Waals surface area contributed by atoms with Crippen LogP contribution in [0.5, 0.6) is 0 Å². The quantitative estimate of drug-likeness (QED) is 0.401. The van der Waals surface area contributed by atoms with Crippen molar-refractivity contribution in [1.82, 2.24) is 14.7 Å². The van der Waals surface area contributed by atoms with Crippen molar-refractivity contribution >= 4 is 40.9 Å². The van der Waals surface area contributed by atoms with Gasteiger partial charge in [0.25, 0.3) is 5.91 Å². The summed E-state index contributed by atoms with van der Waals surface area (Å²) in [6.07, 6.45) is 2.57. The van der Waals surface area contributed by atoms with Gasteiger partial charge in [-0.25, -0.2) is 9.48 Å². The second-order valence-electron chi connectivity index (χ2n) is 9.96. The van der Waals surface area contributed by atoms with Crippen molar-refractivity contribution in [2.45, 2.75) is 52.1 Å². The first kappa shape index (κ1) is 26.0. The van der Waals surface area contributed by atoms with E-state index in [2.05, 4.69) is 10.4 Å². The number of aryl methyl sites for hydroxylation is 1. The van der Waals surface area contributed by atoms with Gasteiger partial charge < -0.3 is 15.0 Å². The van der Waals surface area contributed by atoms with Gasteiger partial charge in [-0.05, 0) is 70.4 Å². The van der Waals surface area contributed by atoms with Crippen LogP contribution in [0.4, 0.5) is 10.5 Å². The lowest BCUT2D eigenvalue weighted by molar-refractivity contribution is 0.0203. The van der Waals surface area contributed by atoms with E-state index < -0.39 is 5.60 Å². The molecule has 1 N–H and O–H groups in total. The van der Waals surface area contributed by atoms with Gasteiger partial charge in [-0.2, -0.15) is 5.10 Å². The molecule has 0 bridgehead atoms. The third-order valence-corrected chi connectivity index (χ3v) is 6.67. The Morgan fingerprint density at radius 3 is 2.44 bits per heavy atom. The summed E-state index contributed by atoms with van der Waals surface area (Å²) in [5, 5.41) is 8.62. The fraction of sp³-hybridized carbons (Fsp3) is 0.370. The number of piperidine rings is 1. The number of ether oxygens (including phenoxy) is 1. The number of halogens is 2.